The predicted octanol–water partition coefficient (Wildman–Crippen LogP) is 4.00. The molecule has 2 aromatic carbocycles. The highest BCUT2D eigenvalue weighted by atomic mass is 35.5. The van der Waals surface area contributed by atoms with Gasteiger partial charge in [-0.3, -0.25) is 14.9 Å². The van der Waals surface area contributed by atoms with Gasteiger partial charge >= 0.3 is 0 Å². The van der Waals surface area contributed by atoms with Crippen LogP contribution in [0.4, 0.5) is 5.69 Å². The molecule has 23 heavy (non-hydrogen) atoms. The maximum Gasteiger partial charge on any atom is 0.269 e. The number of amides is 1. The fourth-order valence-electron chi connectivity index (χ4n) is 1.89. The number of hydrogen-bond acceptors (Lipinski definition) is 4. The van der Waals surface area contributed by atoms with Gasteiger partial charge in [-0.1, -0.05) is 29.8 Å². The molecule has 0 heterocycles. The maximum atomic E-state index is 12.2. The van der Waals surface area contributed by atoms with E-state index in [4.69, 9.17) is 11.6 Å². The third kappa shape index (κ3) is 4.97. The van der Waals surface area contributed by atoms with E-state index in [0.29, 0.717) is 11.6 Å². The van der Waals surface area contributed by atoms with Crippen molar-refractivity contribution in [3.63, 3.8) is 0 Å². The quantitative estimate of drug-likeness (QED) is 0.449. The summed E-state index contributed by atoms with van der Waals surface area (Å²) in [7, 11) is 1.72. The molecular weight excluding hydrogens is 336 g/mol. The van der Waals surface area contributed by atoms with E-state index in [0.717, 1.165) is 10.5 Å². The van der Waals surface area contributed by atoms with E-state index < -0.39 is 4.92 Å². The summed E-state index contributed by atoms with van der Waals surface area (Å²) < 4.78 is 0. The van der Waals surface area contributed by atoms with Crippen molar-refractivity contribution in [2.75, 3.05) is 12.8 Å². The van der Waals surface area contributed by atoms with Gasteiger partial charge in [0.2, 0.25) is 5.91 Å². The molecule has 0 bridgehead atoms. The van der Waals surface area contributed by atoms with Crippen molar-refractivity contribution in [3.05, 3.63) is 69.2 Å². The van der Waals surface area contributed by atoms with E-state index in [9.17, 15) is 14.9 Å². The highest BCUT2D eigenvalue weighted by Gasteiger charge is 2.12. The van der Waals surface area contributed by atoms with E-state index in [2.05, 4.69) is 0 Å². The zero-order valence-corrected chi connectivity index (χ0v) is 14.0. The molecule has 0 unspecified atom stereocenters. The van der Waals surface area contributed by atoms with Crippen molar-refractivity contribution in [2.45, 2.75) is 11.4 Å². The van der Waals surface area contributed by atoms with Gasteiger partial charge in [-0.05, 0) is 23.8 Å². The summed E-state index contributed by atoms with van der Waals surface area (Å²) in [6.07, 6.45) is 0. The number of hydrogen-bond donors (Lipinski definition) is 0. The number of non-ortho nitro benzene ring substituents is 1. The molecule has 0 radical (unpaired) electrons. The van der Waals surface area contributed by atoms with E-state index in [-0.39, 0.29) is 17.3 Å². The summed E-state index contributed by atoms with van der Waals surface area (Å²) in [5.41, 5.74) is 0.932. The highest BCUT2D eigenvalue weighted by Crippen LogP contribution is 2.22. The van der Waals surface area contributed by atoms with Crippen LogP contribution in [0.2, 0.25) is 5.02 Å². The summed E-state index contributed by atoms with van der Waals surface area (Å²) in [6.45, 7) is 0.444. The Labute approximate surface area is 143 Å². The second-order valence-corrected chi connectivity index (χ2v) is 6.34. The van der Waals surface area contributed by atoms with Crippen LogP contribution in [0.15, 0.2) is 53.4 Å². The van der Waals surface area contributed by atoms with Gasteiger partial charge in [0.1, 0.15) is 0 Å². The third-order valence-corrected chi connectivity index (χ3v) is 4.57. The smallest absolute Gasteiger partial charge is 0.269 e. The molecular formula is C16H15ClN2O3S. The molecule has 1 amide bonds. The van der Waals surface area contributed by atoms with Crippen LogP contribution in [0.5, 0.6) is 0 Å². The lowest BCUT2D eigenvalue weighted by atomic mass is 10.2. The summed E-state index contributed by atoms with van der Waals surface area (Å²) in [4.78, 5) is 24.7. The van der Waals surface area contributed by atoms with Gasteiger partial charge in [0.15, 0.2) is 0 Å². The highest BCUT2D eigenvalue weighted by molar-refractivity contribution is 8.00. The molecule has 0 aromatic heterocycles. The molecule has 5 nitrogen and oxygen atoms in total. The Hall–Kier alpha value is -2.05. The number of halogens is 1. The second-order valence-electron chi connectivity index (χ2n) is 4.88. The average Bonchev–Trinajstić information content (AvgIpc) is 2.55. The van der Waals surface area contributed by atoms with E-state index >= 15 is 0 Å². The van der Waals surface area contributed by atoms with E-state index in [1.165, 1.54) is 23.9 Å². The molecule has 0 saturated carbocycles. The van der Waals surface area contributed by atoms with Gasteiger partial charge in [-0.15, -0.1) is 11.8 Å². The van der Waals surface area contributed by atoms with Gasteiger partial charge in [-0.2, -0.15) is 0 Å². The standard InChI is InChI=1S/C16H15ClN2O3S/c1-18(10-12-4-2-3-5-15(12)17)16(20)11-23-14-8-6-13(7-9-14)19(21)22/h2-9H,10-11H2,1H3. The molecule has 0 aliphatic carbocycles. The Bertz CT molecular complexity index is 707. The minimum absolute atomic E-state index is 0.0340. The summed E-state index contributed by atoms with van der Waals surface area (Å²) >= 11 is 7.43. The predicted molar refractivity (Wildman–Crippen MR) is 91.7 cm³/mol. The van der Waals surface area contributed by atoms with Crippen LogP contribution in [0.25, 0.3) is 0 Å². The van der Waals surface area contributed by atoms with Crippen molar-refractivity contribution in [1.82, 2.24) is 4.90 Å². The molecule has 0 atom stereocenters. The molecule has 0 aliphatic rings. The Morgan fingerprint density at radius 3 is 2.48 bits per heavy atom. The first-order valence-electron chi connectivity index (χ1n) is 6.82. The SMILES string of the molecule is CN(Cc1ccccc1Cl)C(=O)CSc1ccc([N+](=O)[O-])cc1. The van der Waals surface area contributed by atoms with Gasteiger partial charge < -0.3 is 4.90 Å². The number of thioether (sulfide) groups is 1. The Kier molecular flexibility index (Phi) is 6.01. The average molecular weight is 351 g/mol. The van der Waals surface area contributed by atoms with Gasteiger partial charge in [0.05, 0.1) is 10.7 Å². The molecule has 2 aromatic rings. The van der Waals surface area contributed by atoms with Crippen molar-refractivity contribution in [3.8, 4) is 0 Å². The lowest BCUT2D eigenvalue weighted by molar-refractivity contribution is -0.384. The molecule has 0 N–H and O–H groups in total. The minimum atomic E-state index is -0.447. The Balaban J connectivity index is 1.89. The number of nitro benzene ring substituents is 1. The Morgan fingerprint density at radius 2 is 1.87 bits per heavy atom. The van der Waals surface area contributed by atoms with Gasteiger partial charge in [0, 0.05) is 35.6 Å². The van der Waals surface area contributed by atoms with Crippen LogP contribution < -0.4 is 0 Å². The van der Waals surface area contributed by atoms with Crippen LogP contribution in [0.1, 0.15) is 5.56 Å². The van der Waals surface area contributed by atoms with Crippen molar-refractivity contribution in [2.24, 2.45) is 0 Å². The fourth-order valence-corrected chi connectivity index (χ4v) is 2.92. The first-order valence-corrected chi connectivity index (χ1v) is 8.18. The number of carbonyl (C=O) groups excluding carboxylic acids is 1. The summed E-state index contributed by atoms with van der Waals surface area (Å²) in [5.74, 6) is 0.229. The number of carbonyl (C=O) groups is 1. The monoisotopic (exact) mass is 350 g/mol. The summed E-state index contributed by atoms with van der Waals surface area (Å²) in [6, 6.07) is 13.6. The number of rotatable bonds is 6. The molecule has 0 aliphatic heterocycles. The third-order valence-electron chi connectivity index (χ3n) is 3.20. The van der Waals surface area contributed by atoms with Crippen LogP contribution >= 0.6 is 23.4 Å². The van der Waals surface area contributed by atoms with Gasteiger partial charge in [0.25, 0.3) is 5.69 Å². The maximum absolute atomic E-state index is 12.2. The lowest BCUT2D eigenvalue weighted by Gasteiger charge is -2.17. The molecule has 0 saturated heterocycles. The van der Waals surface area contributed by atoms with Crippen molar-refractivity contribution in [1.29, 1.82) is 0 Å². The van der Waals surface area contributed by atoms with Crippen molar-refractivity contribution >= 4 is 35.0 Å². The zero-order valence-electron chi connectivity index (χ0n) is 12.4. The normalized spacial score (nSPS) is 10.3. The minimum Gasteiger partial charge on any atom is -0.341 e. The molecule has 2 rings (SSSR count). The lowest BCUT2D eigenvalue weighted by Crippen LogP contribution is -2.27. The molecule has 0 fully saturated rings. The number of nitrogens with zero attached hydrogens (tertiary/aromatic N) is 2. The first kappa shape index (κ1) is 17.3. The second kappa shape index (κ2) is 7.99. The van der Waals surface area contributed by atoms with E-state index in [1.54, 1.807) is 30.1 Å². The largest absolute Gasteiger partial charge is 0.341 e. The first-order chi connectivity index (χ1) is 11.0. The molecule has 7 heteroatoms. The van der Waals surface area contributed by atoms with Crippen LogP contribution in [0.3, 0.4) is 0 Å². The van der Waals surface area contributed by atoms with E-state index in [1.807, 2.05) is 18.2 Å². The van der Waals surface area contributed by atoms with Crippen LogP contribution in [-0.2, 0) is 11.3 Å². The number of nitro groups is 1. The Morgan fingerprint density at radius 1 is 1.22 bits per heavy atom. The fraction of sp³-hybridized carbons (Fsp3) is 0.188. The number of benzene rings is 2. The molecule has 120 valence electrons. The topological polar surface area (TPSA) is 63.5 Å². The van der Waals surface area contributed by atoms with Crippen LogP contribution in [0, 0.1) is 10.1 Å². The van der Waals surface area contributed by atoms with Crippen LogP contribution in [-0.4, -0.2) is 28.5 Å². The molecule has 0 spiro atoms. The van der Waals surface area contributed by atoms with Gasteiger partial charge in [-0.25, -0.2) is 0 Å². The van der Waals surface area contributed by atoms with Crippen molar-refractivity contribution < 1.29 is 9.72 Å². The zero-order chi connectivity index (χ0) is 16.8. The summed E-state index contributed by atoms with van der Waals surface area (Å²) in [5, 5.41) is 11.2.